The lowest BCUT2D eigenvalue weighted by Crippen LogP contribution is -2.14. The molecule has 1 heterocycles. The number of nitrogens with one attached hydrogen (secondary N) is 2. The van der Waals surface area contributed by atoms with Gasteiger partial charge in [0.15, 0.2) is 0 Å². The first kappa shape index (κ1) is 12.3. The lowest BCUT2D eigenvalue weighted by atomic mass is 10.2. The second-order valence-corrected chi connectivity index (χ2v) is 4.32. The maximum absolute atomic E-state index is 13.5. The predicted molar refractivity (Wildman–Crippen MR) is 72.6 cm³/mol. The molecule has 0 aliphatic heterocycles. The molecule has 0 radical (unpaired) electrons. The minimum atomic E-state index is -0.811. The number of carbonyl (C=O) groups is 1. The maximum atomic E-state index is 13.5. The van der Waals surface area contributed by atoms with E-state index in [1.165, 1.54) is 6.07 Å². The van der Waals surface area contributed by atoms with Gasteiger partial charge in [-0.2, -0.15) is 0 Å². The van der Waals surface area contributed by atoms with Gasteiger partial charge in [-0.1, -0.05) is 24.3 Å². The van der Waals surface area contributed by atoms with E-state index < -0.39 is 23.2 Å². The van der Waals surface area contributed by atoms with Gasteiger partial charge in [0.05, 0.1) is 0 Å². The lowest BCUT2D eigenvalue weighted by molar-refractivity contribution is 0.102. The minimum absolute atomic E-state index is 0.244. The molecule has 3 aromatic rings. The third kappa shape index (κ3) is 2.14. The summed E-state index contributed by atoms with van der Waals surface area (Å²) in [6.45, 7) is 0. The number of benzene rings is 2. The van der Waals surface area contributed by atoms with Gasteiger partial charge in [0.25, 0.3) is 5.91 Å². The van der Waals surface area contributed by atoms with Crippen LogP contribution in [0.3, 0.4) is 0 Å². The van der Waals surface area contributed by atoms with Crippen LogP contribution in [0, 0.1) is 11.6 Å². The number of fused-ring (bicyclic) bond motifs is 1. The van der Waals surface area contributed by atoms with Gasteiger partial charge in [-0.3, -0.25) is 4.79 Å². The Hall–Kier alpha value is -2.69. The first-order chi connectivity index (χ1) is 9.65. The Labute approximate surface area is 113 Å². The first-order valence-corrected chi connectivity index (χ1v) is 5.98. The normalized spacial score (nSPS) is 10.7. The van der Waals surface area contributed by atoms with Crippen molar-refractivity contribution in [3.05, 3.63) is 65.9 Å². The number of aromatic amines is 1. The predicted octanol–water partition coefficient (Wildman–Crippen LogP) is 3.70. The molecule has 3 rings (SSSR count). The number of aromatic nitrogens is 1. The van der Waals surface area contributed by atoms with E-state index in [1.54, 1.807) is 6.07 Å². The molecule has 5 heteroatoms. The molecule has 0 saturated carbocycles. The van der Waals surface area contributed by atoms with Crippen molar-refractivity contribution in [2.75, 3.05) is 5.32 Å². The Morgan fingerprint density at radius 1 is 1.00 bits per heavy atom. The highest BCUT2D eigenvalue weighted by Crippen LogP contribution is 2.20. The number of H-pyrrole nitrogens is 1. The molecule has 2 N–H and O–H groups in total. The third-order valence-corrected chi connectivity index (χ3v) is 2.98. The quantitative estimate of drug-likeness (QED) is 0.734. The topological polar surface area (TPSA) is 44.9 Å². The molecule has 0 aliphatic carbocycles. The summed E-state index contributed by atoms with van der Waals surface area (Å²) in [6, 6.07) is 12.4. The molecule has 0 atom stereocenters. The Kier molecular flexibility index (Phi) is 2.95. The van der Waals surface area contributed by atoms with Crippen LogP contribution in [0.4, 0.5) is 14.5 Å². The average Bonchev–Trinajstić information content (AvgIpc) is 2.87. The summed E-state index contributed by atoms with van der Waals surface area (Å²) in [5.74, 6) is -2.21. The number of halogens is 2. The largest absolute Gasteiger partial charge is 0.351 e. The molecule has 100 valence electrons. The summed E-state index contributed by atoms with van der Waals surface area (Å²) >= 11 is 0. The zero-order valence-corrected chi connectivity index (χ0v) is 10.3. The van der Waals surface area contributed by atoms with Crippen LogP contribution < -0.4 is 5.32 Å². The number of hydrogen-bond acceptors (Lipinski definition) is 1. The number of anilines is 1. The maximum Gasteiger partial charge on any atom is 0.272 e. The van der Waals surface area contributed by atoms with Crippen molar-refractivity contribution in [3.63, 3.8) is 0 Å². The number of carbonyl (C=O) groups excluding carboxylic acids is 1. The molecule has 1 aromatic heterocycles. The van der Waals surface area contributed by atoms with Crippen LogP contribution in [-0.2, 0) is 0 Å². The van der Waals surface area contributed by atoms with Crippen molar-refractivity contribution in [2.45, 2.75) is 0 Å². The second kappa shape index (κ2) is 4.77. The van der Waals surface area contributed by atoms with Crippen molar-refractivity contribution >= 4 is 22.5 Å². The van der Waals surface area contributed by atoms with Crippen molar-refractivity contribution in [1.82, 2.24) is 4.98 Å². The van der Waals surface area contributed by atoms with E-state index in [0.717, 1.165) is 23.0 Å². The van der Waals surface area contributed by atoms with E-state index in [2.05, 4.69) is 10.3 Å². The summed E-state index contributed by atoms with van der Waals surface area (Å²) < 4.78 is 26.9. The highest BCUT2D eigenvalue weighted by molar-refractivity contribution is 6.06. The van der Waals surface area contributed by atoms with E-state index in [-0.39, 0.29) is 5.69 Å². The zero-order chi connectivity index (χ0) is 14.1. The van der Waals surface area contributed by atoms with E-state index >= 15 is 0 Å². The van der Waals surface area contributed by atoms with Crippen LogP contribution in [0.25, 0.3) is 10.9 Å². The Morgan fingerprint density at radius 3 is 2.40 bits per heavy atom. The van der Waals surface area contributed by atoms with E-state index in [9.17, 15) is 13.6 Å². The number of amides is 1. The standard InChI is InChI=1S/C15H10F2N2O/c16-10-5-3-6-11(17)14(10)19-15(20)13-8-9-4-1-2-7-12(9)18-13/h1-8,18H,(H,19,20). The molecule has 20 heavy (non-hydrogen) atoms. The van der Waals surface area contributed by atoms with Crippen molar-refractivity contribution in [2.24, 2.45) is 0 Å². The van der Waals surface area contributed by atoms with Crippen LogP contribution in [0.15, 0.2) is 48.5 Å². The summed E-state index contributed by atoms with van der Waals surface area (Å²) in [5.41, 5.74) is 0.580. The Bertz CT molecular complexity index is 742. The van der Waals surface area contributed by atoms with Crippen LogP contribution >= 0.6 is 0 Å². The van der Waals surface area contributed by atoms with Crippen LogP contribution in [0.2, 0.25) is 0 Å². The first-order valence-electron chi connectivity index (χ1n) is 5.98. The fraction of sp³-hybridized carbons (Fsp3) is 0. The van der Waals surface area contributed by atoms with Gasteiger partial charge in [0, 0.05) is 10.9 Å². The lowest BCUT2D eigenvalue weighted by Gasteiger charge is -2.05. The Balaban J connectivity index is 1.93. The van der Waals surface area contributed by atoms with Gasteiger partial charge in [-0.15, -0.1) is 0 Å². The molecule has 0 bridgehead atoms. The number of rotatable bonds is 2. The van der Waals surface area contributed by atoms with Crippen LogP contribution in [0.1, 0.15) is 10.5 Å². The second-order valence-electron chi connectivity index (χ2n) is 4.32. The smallest absolute Gasteiger partial charge is 0.272 e. The number of para-hydroxylation sites is 2. The molecule has 0 unspecified atom stereocenters. The summed E-state index contributed by atoms with van der Waals surface area (Å²) in [6.07, 6.45) is 0. The van der Waals surface area contributed by atoms with Gasteiger partial charge >= 0.3 is 0 Å². The van der Waals surface area contributed by atoms with Gasteiger partial charge < -0.3 is 10.3 Å². The average molecular weight is 272 g/mol. The monoisotopic (exact) mass is 272 g/mol. The van der Waals surface area contributed by atoms with Gasteiger partial charge in [0.1, 0.15) is 23.0 Å². The van der Waals surface area contributed by atoms with E-state index in [1.807, 2.05) is 24.3 Å². The molecule has 1 amide bonds. The molecule has 0 aliphatic rings. The SMILES string of the molecule is O=C(Nc1c(F)cccc1F)c1cc2ccccc2[nH]1. The van der Waals surface area contributed by atoms with Crippen LogP contribution in [-0.4, -0.2) is 10.9 Å². The molecule has 2 aromatic carbocycles. The zero-order valence-electron chi connectivity index (χ0n) is 10.3. The highest BCUT2D eigenvalue weighted by Gasteiger charge is 2.14. The van der Waals surface area contributed by atoms with Gasteiger partial charge in [-0.25, -0.2) is 8.78 Å². The summed E-state index contributed by atoms with van der Waals surface area (Å²) in [5, 5.41) is 3.09. The molecule has 0 saturated heterocycles. The molecular formula is C15H10F2N2O. The molecule has 3 nitrogen and oxygen atoms in total. The van der Waals surface area contributed by atoms with Gasteiger partial charge in [-0.05, 0) is 24.3 Å². The van der Waals surface area contributed by atoms with Crippen molar-refractivity contribution in [1.29, 1.82) is 0 Å². The van der Waals surface area contributed by atoms with Crippen LogP contribution in [0.5, 0.6) is 0 Å². The van der Waals surface area contributed by atoms with E-state index in [0.29, 0.717) is 0 Å². The highest BCUT2D eigenvalue weighted by atomic mass is 19.1. The third-order valence-electron chi connectivity index (χ3n) is 2.98. The molecular weight excluding hydrogens is 262 g/mol. The number of hydrogen-bond donors (Lipinski definition) is 2. The fourth-order valence-corrected chi connectivity index (χ4v) is 1.99. The Morgan fingerprint density at radius 2 is 1.70 bits per heavy atom. The van der Waals surface area contributed by atoms with Crippen molar-refractivity contribution in [3.8, 4) is 0 Å². The summed E-state index contributed by atoms with van der Waals surface area (Å²) in [7, 11) is 0. The summed E-state index contributed by atoms with van der Waals surface area (Å²) in [4.78, 5) is 14.9. The minimum Gasteiger partial charge on any atom is -0.351 e. The molecule has 0 spiro atoms. The van der Waals surface area contributed by atoms with Crippen molar-refractivity contribution < 1.29 is 13.6 Å². The van der Waals surface area contributed by atoms with E-state index in [4.69, 9.17) is 0 Å². The fourth-order valence-electron chi connectivity index (χ4n) is 1.99. The molecule has 0 fully saturated rings. The van der Waals surface area contributed by atoms with Gasteiger partial charge in [0.2, 0.25) is 0 Å².